The van der Waals surface area contributed by atoms with Crippen molar-refractivity contribution >= 4 is 5.91 Å². The van der Waals surface area contributed by atoms with E-state index in [-0.39, 0.29) is 11.8 Å². The summed E-state index contributed by atoms with van der Waals surface area (Å²) in [6.07, 6.45) is 0.944. The summed E-state index contributed by atoms with van der Waals surface area (Å²) in [5, 5.41) is 9.76. The summed E-state index contributed by atoms with van der Waals surface area (Å²) in [6.45, 7) is 3.33. The third-order valence-electron chi connectivity index (χ3n) is 3.44. The Balaban J connectivity index is 1.99. The predicted molar refractivity (Wildman–Crippen MR) is 66.3 cm³/mol. The lowest BCUT2D eigenvalue weighted by molar-refractivity contribution is -0.134. The molecule has 2 rings (SSSR count). The van der Waals surface area contributed by atoms with Crippen LogP contribution in [0.2, 0.25) is 0 Å². The van der Waals surface area contributed by atoms with Crippen LogP contribution in [0.3, 0.4) is 0 Å². The molecule has 0 bridgehead atoms. The molecule has 2 unspecified atom stereocenters. The first-order valence-electron chi connectivity index (χ1n) is 6.23. The number of likely N-dealkylation sites (tertiary alicyclic amines) is 1. The molecule has 0 aliphatic carbocycles. The number of aliphatic hydroxyl groups is 1. The molecule has 1 aromatic rings. The summed E-state index contributed by atoms with van der Waals surface area (Å²) >= 11 is 0. The summed E-state index contributed by atoms with van der Waals surface area (Å²) in [4.78, 5) is 13.9. The minimum absolute atomic E-state index is 0.100. The van der Waals surface area contributed by atoms with Gasteiger partial charge in [0.15, 0.2) is 0 Å². The molecule has 0 radical (unpaired) electrons. The molecule has 0 spiro atoms. The highest BCUT2D eigenvalue weighted by Gasteiger charge is 2.35. The van der Waals surface area contributed by atoms with Crippen LogP contribution in [0.25, 0.3) is 0 Å². The predicted octanol–water partition coefficient (Wildman–Crippen LogP) is 1.81. The molecule has 1 saturated heterocycles. The maximum absolute atomic E-state index is 12.1. The Morgan fingerprint density at radius 1 is 1.41 bits per heavy atom. The smallest absolute Gasteiger partial charge is 0.228 e. The standard InChI is InChI=1S/C14H19NO2/c1-2-13(16)12-8-9-15(14(12)17)10-11-6-4-3-5-7-11/h3-7,12-13,16H,2,8-10H2,1H3. The molecule has 1 amide bonds. The molecule has 1 fully saturated rings. The van der Waals surface area contributed by atoms with E-state index in [1.54, 1.807) is 0 Å². The molecule has 3 nitrogen and oxygen atoms in total. The minimum atomic E-state index is -0.483. The van der Waals surface area contributed by atoms with Crippen LogP contribution in [0, 0.1) is 5.92 Å². The van der Waals surface area contributed by atoms with E-state index in [0.29, 0.717) is 13.0 Å². The van der Waals surface area contributed by atoms with Gasteiger partial charge < -0.3 is 10.0 Å². The van der Waals surface area contributed by atoms with Crippen LogP contribution in [0.5, 0.6) is 0 Å². The van der Waals surface area contributed by atoms with Crippen molar-refractivity contribution in [2.24, 2.45) is 5.92 Å². The highest BCUT2D eigenvalue weighted by molar-refractivity contribution is 5.81. The zero-order valence-corrected chi connectivity index (χ0v) is 10.2. The average molecular weight is 233 g/mol. The van der Waals surface area contributed by atoms with Gasteiger partial charge in [0.05, 0.1) is 12.0 Å². The minimum Gasteiger partial charge on any atom is -0.392 e. The number of amides is 1. The van der Waals surface area contributed by atoms with E-state index in [9.17, 15) is 9.90 Å². The van der Waals surface area contributed by atoms with Gasteiger partial charge in [-0.15, -0.1) is 0 Å². The average Bonchev–Trinajstić information content (AvgIpc) is 2.72. The fraction of sp³-hybridized carbons (Fsp3) is 0.500. The maximum atomic E-state index is 12.1. The molecule has 92 valence electrons. The van der Waals surface area contributed by atoms with E-state index in [1.165, 1.54) is 0 Å². The summed E-state index contributed by atoms with van der Waals surface area (Å²) in [5.74, 6) is -0.0908. The highest BCUT2D eigenvalue weighted by atomic mass is 16.3. The van der Waals surface area contributed by atoms with E-state index in [1.807, 2.05) is 42.2 Å². The van der Waals surface area contributed by atoms with Gasteiger partial charge in [0.1, 0.15) is 0 Å². The van der Waals surface area contributed by atoms with Crippen LogP contribution in [-0.2, 0) is 11.3 Å². The van der Waals surface area contributed by atoms with Gasteiger partial charge in [-0.1, -0.05) is 37.3 Å². The first kappa shape index (κ1) is 12.1. The molecule has 17 heavy (non-hydrogen) atoms. The maximum Gasteiger partial charge on any atom is 0.228 e. The molecule has 1 heterocycles. The number of hydrogen-bond acceptors (Lipinski definition) is 2. The van der Waals surface area contributed by atoms with Gasteiger partial charge in [-0.25, -0.2) is 0 Å². The lowest BCUT2D eigenvalue weighted by Crippen LogP contribution is -2.31. The Bertz CT molecular complexity index is 377. The second-order valence-corrected chi connectivity index (χ2v) is 4.62. The topological polar surface area (TPSA) is 40.5 Å². The number of aliphatic hydroxyl groups excluding tert-OH is 1. The quantitative estimate of drug-likeness (QED) is 0.861. The third kappa shape index (κ3) is 2.67. The fourth-order valence-corrected chi connectivity index (χ4v) is 2.37. The number of carbonyl (C=O) groups is 1. The SMILES string of the molecule is CCC(O)C1CCN(Cc2ccccc2)C1=O. The molecule has 3 heteroatoms. The second kappa shape index (κ2) is 5.32. The summed E-state index contributed by atoms with van der Waals surface area (Å²) < 4.78 is 0. The van der Waals surface area contributed by atoms with Gasteiger partial charge in [-0.2, -0.15) is 0 Å². The fourth-order valence-electron chi connectivity index (χ4n) is 2.37. The molecule has 1 N–H and O–H groups in total. The van der Waals surface area contributed by atoms with Crippen LogP contribution in [0.15, 0.2) is 30.3 Å². The molecular weight excluding hydrogens is 214 g/mol. The number of carbonyl (C=O) groups excluding carboxylic acids is 1. The molecule has 0 saturated carbocycles. The lowest BCUT2D eigenvalue weighted by atomic mass is 9.99. The van der Waals surface area contributed by atoms with Gasteiger partial charge in [0, 0.05) is 13.1 Å². The van der Waals surface area contributed by atoms with Gasteiger partial charge in [-0.05, 0) is 18.4 Å². The van der Waals surface area contributed by atoms with Gasteiger partial charge >= 0.3 is 0 Å². The van der Waals surface area contributed by atoms with Gasteiger partial charge in [0.2, 0.25) is 5.91 Å². The van der Waals surface area contributed by atoms with Crippen molar-refractivity contribution in [2.75, 3.05) is 6.54 Å². The highest BCUT2D eigenvalue weighted by Crippen LogP contribution is 2.24. The normalized spacial score (nSPS) is 21.9. The molecule has 2 atom stereocenters. The second-order valence-electron chi connectivity index (χ2n) is 4.62. The summed E-state index contributed by atoms with van der Waals surface area (Å²) in [7, 11) is 0. The molecule has 1 aliphatic heterocycles. The number of benzene rings is 1. The van der Waals surface area contributed by atoms with Crippen molar-refractivity contribution in [3.05, 3.63) is 35.9 Å². The van der Waals surface area contributed by atoms with Crippen molar-refractivity contribution in [3.63, 3.8) is 0 Å². The van der Waals surface area contributed by atoms with Crippen LogP contribution >= 0.6 is 0 Å². The lowest BCUT2D eigenvalue weighted by Gasteiger charge is -2.18. The largest absolute Gasteiger partial charge is 0.392 e. The van der Waals surface area contributed by atoms with E-state index >= 15 is 0 Å². The Morgan fingerprint density at radius 3 is 2.76 bits per heavy atom. The molecule has 1 aromatic carbocycles. The van der Waals surface area contributed by atoms with Crippen molar-refractivity contribution in [1.29, 1.82) is 0 Å². The van der Waals surface area contributed by atoms with Crippen LogP contribution in [0.4, 0.5) is 0 Å². The Hall–Kier alpha value is -1.35. The number of rotatable bonds is 4. The number of hydrogen-bond donors (Lipinski definition) is 1. The Kier molecular flexibility index (Phi) is 3.79. The first-order valence-corrected chi connectivity index (χ1v) is 6.23. The molecule has 1 aliphatic rings. The summed E-state index contributed by atoms with van der Waals surface area (Å²) in [5.41, 5.74) is 1.15. The first-order chi connectivity index (χ1) is 8.22. The van der Waals surface area contributed by atoms with Crippen molar-refractivity contribution in [2.45, 2.75) is 32.4 Å². The zero-order chi connectivity index (χ0) is 12.3. The monoisotopic (exact) mass is 233 g/mol. The van der Waals surface area contributed by atoms with Crippen molar-refractivity contribution in [3.8, 4) is 0 Å². The molecule has 0 aromatic heterocycles. The van der Waals surface area contributed by atoms with E-state index in [4.69, 9.17) is 0 Å². The van der Waals surface area contributed by atoms with Crippen LogP contribution in [-0.4, -0.2) is 28.6 Å². The third-order valence-corrected chi connectivity index (χ3v) is 3.44. The summed E-state index contributed by atoms with van der Waals surface area (Å²) in [6, 6.07) is 9.98. The van der Waals surface area contributed by atoms with Gasteiger partial charge in [-0.3, -0.25) is 4.79 Å². The van der Waals surface area contributed by atoms with Crippen molar-refractivity contribution in [1.82, 2.24) is 4.90 Å². The van der Waals surface area contributed by atoms with Gasteiger partial charge in [0.25, 0.3) is 0 Å². The van der Waals surface area contributed by atoms with E-state index in [2.05, 4.69) is 0 Å². The zero-order valence-electron chi connectivity index (χ0n) is 10.2. The molecular formula is C14H19NO2. The number of nitrogens with zero attached hydrogens (tertiary/aromatic N) is 1. The van der Waals surface area contributed by atoms with Crippen LogP contribution in [0.1, 0.15) is 25.3 Å². The Morgan fingerprint density at radius 2 is 2.12 bits per heavy atom. The van der Waals surface area contributed by atoms with E-state index in [0.717, 1.165) is 18.5 Å². The van der Waals surface area contributed by atoms with E-state index < -0.39 is 6.10 Å². The van der Waals surface area contributed by atoms with Crippen LogP contribution < -0.4 is 0 Å². The Labute approximate surface area is 102 Å². The van der Waals surface area contributed by atoms with Crippen molar-refractivity contribution < 1.29 is 9.90 Å².